The SMILES string of the molecule is O=C(O)CC[C@H](NC(=O)CCOc1ccc(Cl)cc1)C(=O)O. The van der Waals surface area contributed by atoms with Crippen molar-refractivity contribution in [1.29, 1.82) is 0 Å². The van der Waals surface area contributed by atoms with E-state index in [1.54, 1.807) is 24.3 Å². The topological polar surface area (TPSA) is 113 Å². The van der Waals surface area contributed by atoms with Crippen molar-refractivity contribution in [3.63, 3.8) is 0 Å². The largest absolute Gasteiger partial charge is 0.493 e. The Morgan fingerprint density at radius 3 is 2.32 bits per heavy atom. The Morgan fingerprint density at radius 2 is 1.77 bits per heavy atom. The van der Waals surface area contributed by atoms with Crippen LogP contribution in [-0.2, 0) is 14.4 Å². The zero-order valence-electron chi connectivity index (χ0n) is 11.6. The van der Waals surface area contributed by atoms with Crippen molar-refractivity contribution in [3.05, 3.63) is 29.3 Å². The molecule has 0 heterocycles. The van der Waals surface area contributed by atoms with Crippen molar-refractivity contribution in [3.8, 4) is 5.75 Å². The lowest BCUT2D eigenvalue weighted by molar-refractivity contribution is -0.143. The van der Waals surface area contributed by atoms with Crippen LogP contribution >= 0.6 is 11.6 Å². The van der Waals surface area contributed by atoms with Gasteiger partial charge in [-0.3, -0.25) is 9.59 Å². The van der Waals surface area contributed by atoms with E-state index >= 15 is 0 Å². The lowest BCUT2D eigenvalue weighted by Crippen LogP contribution is -2.41. The van der Waals surface area contributed by atoms with Crippen LogP contribution in [0.25, 0.3) is 0 Å². The monoisotopic (exact) mass is 329 g/mol. The van der Waals surface area contributed by atoms with Crippen molar-refractivity contribution in [1.82, 2.24) is 5.32 Å². The van der Waals surface area contributed by atoms with E-state index < -0.39 is 23.9 Å². The van der Waals surface area contributed by atoms with Gasteiger partial charge in [-0.2, -0.15) is 0 Å². The van der Waals surface area contributed by atoms with Gasteiger partial charge in [-0.15, -0.1) is 0 Å². The predicted molar refractivity (Wildman–Crippen MR) is 78.0 cm³/mol. The first kappa shape index (κ1) is 17.8. The number of hydrogen-bond donors (Lipinski definition) is 3. The number of halogens is 1. The summed E-state index contributed by atoms with van der Waals surface area (Å²) in [6.45, 7) is 0.0682. The highest BCUT2D eigenvalue weighted by Crippen LogP contribution is 2.15. The summed E-state index contributed by atoms with van der Waals surface area (Å²) >= 11 is 5.72. The number of carboxylic acids is 2. The summed E-state index contributed by atoms with van der Waals surface area (Å²) in [5, 5.41) is 20.3. The summed E-state index contributed by atoms with van der Waals surface area (Å²) in [6.07, 6.45) is -0.549. The Bertz CT molecular complexity index is 531. The number of aliphatic carboxylic acids is 2. The average molecular weight is 330 g/mol. The summed E-state index contributed by atoms with van der Waals surface area (Å²) in [5.74, 6) is -2.37. The van der Waals surface area contributed by atoms with E-state index in [1.165, 1.54) is 0 Å². The molecule has 3 N–H and O–H groups in total. The normalized spacial score (nSPS) is 11.5. The molecule has 1 rings (SSSR count). The van der Waals surface area contributed by atoms with Gasteiger partial charge >= 0.3 is 11.9 Å². The smallest absolute Gasteiger partial charge is 0.326 e. The van der Waals surface area contributed by atoms with Crippen LogP contribution in [0.2, 0.25) is 5.02 Å². The van der Waals surface area contributed by atoms with E-state index in [9.17, 15) is 14.4 Å². The van der Waals surface area contributed by atoms with Crippen molar-refractivity contribution in [2.24, 2.45) is 0 Å². The van der Waals surface area contributed by atoms with E-state index in [-0.39, 0.29) is 25.9 Å². The summed E-state index contributed by atoms with van der Waals surface area (Å²) in [4.78, 5) is 33.0. The van der Waals surface area contributed by atoms with Gasteiger partial charge < -0.3 is 20.3 Å². The Labute approximate surface area is 131 Å². The van der Waals surface area contributed by atoms with E-state index in [1.807, 2.05) is 0 Å². The Kier molecular flexibility index (Phi) is 7.18. The van der Waals surface area contributed by atoms with Crippen molar-refractivity contribution in [2.45, 2.75) is 25.3 Å². The van der Waals surface area contributed by atoms with Crippen molar-refractivity contribution < 1.29 is 29.3 Å². The number of amides is 1. The second kappa shape index (κ2) is 8.89. The van der Waals surface area contributed by atoms with Crippen LogP contribution in [0.3, 0.4) is 0 Å². The van der Waals surface area contributed by atoms with Crippen LogP contribution in [-0.4, -0.2) is 40.7 Å². The van der Waals surface area contributed by atoms with Crippen molar-refractivity contribution >= 4 is 29.4 Å². The maximum absolute atomic E-state index is 11.6. The van der Waals surface area contributed by atoms with Gasteiger partial charge in [0.2, 0.25) is 5.91 Å². The Hall–Kier alpha value is -2.28. The van der Waals surface area contributed by atoms with E-state index in [2.05, 4.69) is 5.32 Å². The number of rotatable bonds is 9. The standard InChI is InChI=1S/C14H16ClNO6/c15-9-1-3-10(4-2-9)22-8-7-12(17)16-11(14(20)21)5-6-13(18)19/h1-4,11H,5-8H2,(H,16,17)(H,18,19)(H,20,21)/t11-/m0/s1. The molecule has 1 aromatic rings. The maximum Gasteiger partial charge on any atom is 0.326 e. The summed E-state index contributed by atoms with van der Waals surface area (Å²) < 4.78 is 5.31. The van der Waals surface area contributed by atoms with Crippen LogP contribution in [0.4, 0.5) is 0 Å². The minimum absolute atomic E-state index is 0.0422. The lowest BCUT2D eigenvalue weighted by Gasteiger charge is -2.13. The highest BCUT2D eigenvalue weighted by atomic mass is 35.5. The molecule has 1 amide bonds. The highest BCUT2D eigenvalue weighted by molar-refractivity contribution is 6.30. The molecule has 0 saturated heterocycles. The second-order valence-corrected chi connectivity index (χ2v) is 4.88. The number of carbonyl (C=O) groups excluding carboxylic acids is 1. The first-order chi connectivity index (χ1) is 10.4. The maximum atomic E-state index is 11.6. The molecule has 0 aliphatic heterocycles. The number of nitrogens with one attached hydrogen (secondary N) is 1. The summed E-state index contributed by atoms with van der Waals surface area (Å²) in [7, 11) is 0. The molecule has 1 atom stereocenters. The van der Waals surface area contributed by atoms with Crippen LogP contribution in [0.1, 0.15) is 19.3 Å². The number of hydrogen-bond acceptors (Lipinski definition) is 4. The van der Waals surface area contributed by atoms with E-state index in [0.29, 0.717) is 10.8 Å². The number of carboxylic acid groups (broad SMARTS) is 2. The molecule has 0 saturated carbocycles. The Balaban J connectivity index is 2.35. The fraction of sp³-hybridized carbons (Fsp3) is 0.357. The van der Waals surface area contributed by atoms with Gasteiger partial charge in [0.05, 0.1) is 13.0 Å². The molecule has 120 valence electrons. The predicted octanol–water partition coefficient (Wildman–Crippen LogP) is 1.54. The molecule has 0 radical (unpaired) electrons. The third-order valence-corrected chi connectivity index (χ3v) is 2.94. The van der Waals surface area contributed by atoms with E-state index in [0.717, 1.165) is 0 Å². The Morgan fingerprint density at radius 1 is 1.14 bits per heavy atom. The first-order valence-corrected chi connectivity index (χ1v) is 6.88. The van der Waals surface area contributed by atoms with Crippen molar-refractivity contribution in [2.75, 3.05) is 6.61 Å². The van der Waals surface area contributed by atoms with Gasteiger partial charge in [-0.1, -0.05) is 11.6 Å². The quantitative estimate of drug-likeness (QED) is 0.633. The molecule has 0 aromatic heterocycles. The molecule has 0 spiro atoms. The van der Waals surface area contributed by atoms with Gasteiger partial charge in [0.1, 0.15) is 11.8 Å². The van der Waals surface area contributed by atoms with Gasteiger partial charge in [-0.05, 0) is 30.7 Å². The van der Waals surface area contributed by atoms with E-state index in [4.69, 9.17) is 26.6 Å². The summed E-state index contributed by atoms with van der Waals surface area (Å²) in [5.41, 5.74) is 0. The lowest BCUT2D eigenvalue weighted by atomic mass is 10.1. The number of benzene rings is 1. The zero-order chi connectivity index (χ0) is 16.5. The molecule has 0 fully saturated rings. The van der Waals surface area contributed by atoms with Gasteiger partial charge in [0.15, 0.2) is 0 Å². The highest BCUT2D eigenvalue weighted by Gasteiger charge is 2.20. The van der Waals surface area contributed by atoms with Crippen LogP contribution < -0.4 is 10.1 Å². The number of carbonyl (C=O) groups is 3. The van der Waals surface area contributed by atoms with Crippen LogP contribution in [0.5, 0.6) is 5.75 Å². The van der Waals surface area contributed by atoms with Crippen LogP contribution in [0, 0.1) is 0 Å². The third kappa shape index (κ3) is 6.94. The fourth-order valence-electron chi connectivity index (χ4n) is 1.58. The molecule has 22 heavy (non-hydrogen) atoms. The first-order valence-electron chi connectivity index (χ1n) is 6.51. The minimum atomic E-state index is -1.27. The second-order valence-electron chi connectivity index (χ2n) is 4.44. The third-order valence-electron chi connectivity index (χ3n) is 2.69. The number of ether oxygens (including phenoxy) is 1. The molecule has 0 unspecified atom stereocenters. The molecular formula is C14H16ClNO6. The summed E-state index contributed by atoms with van der Waals surface area (Å²) in [6, 6.07) is 5.35. The molecule has 0 aliphatic rings. The molecule has 7 nitrogen and oxygen atoms in total. The molecule has 0 aliphatic carbocycles. The average Bonchev–Trinajstić information content (AvgIpc) is 2.45. The molecule has 8 heteroatoms. The fourth-order valence-corrected chi connectivity index (χ4v) is 1.71. The molecular weight excluding hydrogens is 314 g/mol. The molecule has 1 aromatic carbocycles. The van der Waals surface area contributed by atoms with Gasteiger partial charge in [0.25, 0.3) is 0 Å². The van der Waals surface area contributed by atoms with Gasteiger partial charge in [-0.25, -0.2) is 4.79 Å². The zero-order valence-corrected chi connectivity index (χ0v) is 12.4. The molecule has 0 bridgehead atoms. The van der Waals surface area contributed by atoms with Gasteiger partial charge in [0, 0.05) is 11.4 Å². The van der Waals surface area contributed by atoms with Crippen LogP contribution in [0.15, 0.2) is 24.3 Å². The minimum Gasteiger partial charge on any atom is -0.493 e.